The minimum atomic E-state index is -1.01. The molecule has 7 heteroatoms. The van der Waals surface area contributed by atoms with Gasteiger partial charge in [-0.3, -0.25) is 0 Å². The van der Waals surface area contributed by atoms with Crippen molar-refractivity contribution in [1.82, 2.24) is 0 Å². The maximum atomic E-state index is 14.4. The van der Waals surface area contributed by atoms with Crippen LogP contribution in [0.25, 0.3) is 39.5 Å². The fraction of sp³-hybridized carbons (Fsp3) is 0.0312. The van der Waals surface area contributed by atoms with Crippen molar-refractivity contribution in [3.63, 3.8) is 0 Å². The molecule has 0 N–H and O–H groups in total. The van der Waals surface area contributed by atoms with E-state index in [1.165, 1.54) is 6.07 Å². The number of nitriles is 5. The Kier molecular flexibility index (Phi) is 5.95. The normalized spacial score (nSPS) is 12.6. The van der Waals surface area contributed by atoms with E-state index in [1.54, 1.807) is 24.3 Å². The lowest BCUT2D eigenvalue weighted by Crippen LogP contribution is -1.97. The largest absolute Gasteiger partial charge is 0.205 e. The number of rotatable bonds is 2. The van der Waals surface area contributed by atoms with Gasteiger partial charge in [0, 0.05) is 22.3 Å². The Morgan fingerprint density at radius 3 is 1.64 bits per heavy atom. The summed E-state index contributed by atoms with van der Waals surface area (Å²) < 4.78 is 28.9. The second-order valence-electron chi connectivity index (χ2n) is 8.69. The van der Waals surface area contributed by atoms with Gasteiger partial charge in [0.1, 0.15) is 58.7 Å². The van der Waals surface area contributed by atoms with E-state index in [1.807, 2.05) is 55.5 Å². The smallest absolute Gasteiger partial charge is 0.144 e. The highest BCUT2D eigenvalue weighted by atomic mass is 19.1. The van der Waals surface area contributed by atoms with Gasteiger partial charge in [0.05, 0.1) is 0 Å². The molecular weight excluding hydrogens is 492 g/mol. The number of nitrogens with zero attached hydrogens (tertiary/aromatic N) is 5. The molecule has 180 valence electrons. The Bertz CT molecular complexity index is 1930. The van der Waals surface area contributed by atoms with Crippen molar-refractivity contribution >= 4 is 28.4 Å². The van der Waals surface area contributed by atoms with Crippen molar-refractivity contribution in [2.75, 3.05) is 0 Å². The van der Waals surface area contributed by atoms with E-state index >= 15 is 0 Å². The number of hydrogen-bond acceptors (Lipinski definition) is 5. The van der Waals surface area contributed by atoms with Gasteiger partial charge in [0.25, 0.3) is 0 Å². The van der Waals surface area contributed by atoms with Crippen LogP contribution in [0.15, 0.2) is 65.8 Å². The van der Waals surface area contributed by atoms with Gasteiger partial charge < -0.3 is 0 Å². The Morgan fingerprint density at radius 1 is 0.641 bits per heavy atom. The van der Waals surface area contributed by atoms with Crippen LogP contribution in [-0.2, 0) is 0 Å². The first-order valence-corrected chi connectivity index (χ1v) is 11.6. The molecular formula is C32H13F2N5. The molecule has 0 atom stereocenters. The molecule has 0 unspecified atom stereocenters. The van der Waals surface area contributed by atoms with Gasteiger partial charge in [0.2, 0.25) is 0 Å². The van der Waals surface area contributed by atoms with Crippen molar-refractivity contribution in [1.29, 1.82) is 26.3 Å². The zero-order valence-corrected chi connectivity index (χ0v) is 20.3. The first-order chi connectivity index (χ1) is 18.9. The summed E-state index contributed by atoms with van der Waals surface area (Å²) in [5.74, 6) is -2.02. The molecule has 0 amide bonds. The van der Waals surface area contributed by atoms with Crippen molar-refractivity contribution in [2.45, 2.75) is 6.92 Å². The highest BCUT2D eigenvalue weighted by molar-refractivity contribution is 6.38. The van der Waals surface area contributed by atoms with Crippen molar-refractivity contribution in [3.05, 3.63) is 111 Å². The second-order valence-corrected chi connectivity index (χ2v) is 8.69. The van der Waals surface area contributed by atoms with Crippen LogP contribution < -0.4 is 0 Å². The molecule has 0 saturated carbocycles. The summed E-state index contributed by atoms with van der Waals surface area (Å²) in [7, 11) is 0. The van der Waals surface area contributed by atoms with Crippen LogP contribution >= 0.6 is 0 Å². The van der Waals surface area contributed by atoms with Crippen LogP contribution in [0.5, 0.6) is 0 Å². The van der Waals surface area contributed by atoms with Gasteiger partial charge in [-0.1, -0.05) is 36.4 Å². The second kappa shape index (κ2) is 9.42. The number of hydrogen-bond donors (Lipinski definition) is 0. The highest BCUT2D eigenvalue weighted by Crippen LogP contribution is 2.59. The third kappa shape index (κ3) is 3.62. The fourth-order valence-electron chi connectivity index (χ4n) is 5.13. The van der Waals surface area contributed by atoms with E-state index in [-0.39, 0.29) is 16.7 Å². The molecule has 0 spiro atoms. The fourth-order valence-corrected chi connectivity index (χ4v) is 5.13. The number of benzene rings is 3. The van der Waals surface area contributed by atoms with E-state index in [0.717, 1.165) is 17.7 Å². The van der Waals surface area contributed by atoms with Gasteiger partial charge in [0.15, 0.2) is 0 Å². The molecule has 0 aromatic heterocycles. The van der Waals surface area contributed by atoms with Crippen LogP contribution in [-0.4, -0.2) is 0 Å². The van der Waals surface area contributed by atoms with E-state index in [2.05, 4.69) is 0 Å². The quantitative estimate of drug-likeness (QED) is 0.345. The van der Waals surface area contributed by atoms with Crippen molar-refractivity contribution < 1.29 is 8.78 Å². The monoisotopic (exact) mass is 505 g/mol. The Labute approximate surface area is 222 Å². The molecule has 0 saturated heterocycles. The van der Waals surface area contributed by atoms with Crippen LogP contribution in [0.2, 0.25) is 0 Å². The summed E-state index contributed by atoms with van der Waals surface area (Å²) >= 11 is 0. The van der Waals surface area contributed by atoms with Gasteiger partial charge in [-0.15, -0.1) is 0 Å². The minimum Gasteiger partial charge on any atom is -0.205 e. The maximum Gasteiger partial charge on any atom is 0.144 e. The molecule has 2 aliphatic carbocycles. The summed E-state index contributed by atoms with van der Waals surface area (Å²) in [6, 6.07) is 21.8. The summed E-state index contributed by atoms with van der Waals surface area (Å²) in [5.41, 5.74) is 4.46. The van der Waals surface area contributed by atoms with Gasteiger partial charge in [-0.05, 0) is 70.1 Å². The SMILES string of the molecule is C/C=C/c1ccc2c(c1)C1=C(C2=C(C#N)C#N)c2cc(-c3cc(F)c(C#N)c(F)c3)ccc2C1=C(C#N)C#N. The van der Waals surface area contributed by atoms with Crippen molar-refractivity contribution in [2.24, 2.45) is 0 Å². The maximum absolute atomic E-state index is 14.4. The number of fused-ring (bicyclic) bond motifs is 4. The van der Waals surface area contributed by atoms with Crippen LogP contribution in [0.1, 0.15) is 40.3 Å². The molecule has 39 heavy (non-hydrogen) atoms. The molecule has 3 aromatic carbocycles. The van der Waals surface area contributed by atoms with Gasteiger partial charge >= 0.3 is 0 Å². The van der Waals surface area contributed by atoms with E-state index < -0.39 is 17.2 Å². The van der Waals surface area contributed by atoms with Gasteiger partial charge in [-0.2, -0.15) is 26.3 Å². The topological polar surface area (TPSA) is 119 Å². The van der Waals surface area contributed by atoms with E-state index in [4.69, 9.17) is 5.26 Å². The molecule has 0 heterocycles. The average molecular weight is 505 g/mol. The summed E-state index contributed by atoms with van der Waals surface area (Å²) in [6.45, 7) is 1.86. The standard InChI is InChI=1S/C32H13F2N5/c1-2-3-17-4-6-22-24(8-17)31-30(21(14-37)15-38)23-7-5-18(19-10-27(33)26(16-39)28(34)11-19)9-25(23)32(31)29(22)20(12-35)13-36/h2-11H,1H3/b3-2+. The zero-order valence-electron chi connectivity index (χ0n) is 20.3. The summed E-state index contributed by atoms with van der Waals surface area (Å²) in [4.78, 5) is 0. The lowest BCUT2D eigenvalue weighted by molar-refractivity contribution is 0.577. The summed E-state index contributed by atoms with van der Waals surface area (Å²) in [6.07, 6.45) is 3.74. The Hall–Kier alpha value is -6.07. The first-order valence-electron chi connectivity index (χ1n) is 11.6. The number of halogens is 2. The molecule has 0 radical (unpaired) electrons. The molecule has 0 bridgehead atoms. The molecule has 0 fully saturated rings. The van der Waals surface area contributed by atoms with E-state index in [0.29, 0.717) is 50.1 Å². The van der Waals surface area contributed by atoms with E-state index in [9.17, 15) is 29.8 Å². The Morgan fingerprint density at radius 2 is 1.15 bits per heavy atom. The summed E-state index contributed by atoms with van der Waals surface area (Å²) in [5, 5.41) is 48.4. The van der Waals surface area contributed by atoms with Crippen LogP contribution in [0.3, 0.4) is 0 Å². The number of allylic oxidation sites excluding steroid dienone is 7. The van der Waals surface area contributed by atoms with Crippen molar-refractivity contribution in [3.8, 4) is 41.5 Å². The molecule has 3 aromatic rings. The molecule has 2 aliphatic rings. The molecule has 5 nitrogen and oxygen atoms in total. The van der Waals surface area contributed by atoms with Crippen LogP contribution in [0, 0.1) is 68.3 Å². The Balaban J connectivity index is 1.90. The predicted octanol–water partition coefficient (Wildman–Crippen LogP) is 7.08. The highest BCUT2D eigenvalue weighted by Gasteiger charge is 2.40. The zero-order chi connectivity index (χ0) is 27.8. The molecule has 0 aliphatic heterocycles. The first kappa shape index (κ1) is 24.6. The average Bonchev–Trinajstić information content (AvgIpc) is 3.43. The lowest BCUT2D eigenvalue weighted by atomic mass is 9.87. The minimum absolute atomic E-state index is 0.149. The predicted molar refractivity (Wildman–Crippen MR) is 141 cm³/mol. The third-order valence-electron chi connectivity index (χ3n) is 6.68. The third-order valence-corrected chi connectivity index (χ3v) is 6.68. The van der Waals surface area contributed by atoms with Crippen LogP contribution in [0.4, 0.5) is 8.78 Å². The lowest BCUT2D eigenvalue weighted by Gasteiger charge is -2.14. The van der Waals surface area contributed by atoms with Gasteiger partial charge in [-0.25, -0.2) is 8.78 Å². The molecule has 5 rings (SSSR count).